The minimum atomic E-state index is -0.328. The molecule has 1 N–H and O–H groups in total. The van der Waals surface area contributed by atoms with Gasteiger partial charge in [0.15, 0.2) is 6.61 Å². The number of rotatable bonds is 4. The van der Waals surface area contributed by atoms with Gasteiger partial charge >= 0.3 is 0 Å². The van der Waals surface area contributed by atoms with Crippen molar-refractivity contribution in [3.63, 3.8) is 0 Å². The minimum Gasteiger partial charge on any atom is -0.484 e. The summed E-state index contributed by atoms with van der Waals surface area (Å²) in [4.78, 5) is 24.9. The monoisotopic (exact) mass is 399 g/mol. The van der Waals surface area contributed by atoms with Crippen LogP contribution in [-0.4, -0.2) is 18.1 Å². The van der Waals surface area contributed by atoms with Gasteiger partial charge in [-0.15, -0.1) is 0 Å². The first-order valence-corrected chi connectivity index (χ1v) is 9.29. The van der Waals surface area contributed by atoms with Crippen LogP contribution in [0, 0.1) is 6.92 Å². The van der Waals surface area contributed by atoms with E-state index < -0.39 is 0 Å². The molecule has 3 rings (SSSR count). The molecule has 6 heteroatoms. The molecule has 0 aliphatic heterocycles. The first kappa shape index (κ1) is 20.0. The number of aryl methyl sites for hydroxylation is 1. The van der Waals surface area contributed by atoms with Crippen molar-refractivity contribution < 1.29 is 13.9 Å². The Morgan fingerprint density at radius 1 is 1.14 bits per heavy atom. The van der Waals surface area contributed by atoms with Crippen LogP contribution in [0.2, 0.25) is 5.02 Å². The SMILES string of the molecule is Cc1oc2cc(OCC(=O)NC(C)(C)C)ccc2c(=O)c1-c1ccc(Cl)cc1. The molecule has 0 saturated heterocycles. The van der Waals surface area contributed by atoms with Gasteiger partial charge in [-0.25, -0.2) is 0 Å². The van der Waals surface area contributed by atoms with Crippen molar-refractivity contribution in [3.8, 4) is 16.9 Å². The Bertz CT molecular complexity index is 1080. The lowest BCUT2D eigenvalue weighted by molar-refractivity contribution is -0.124. The lowest BCUT2D eigenvalue weighted by Gasteiger charge is -2.20. The molecule has 1 amide bonds. The summed E-state index contributed by atoms with van der Waals surface area (Å²) >= 11 is 5.93. The quantitative estimate of drug-likeness (QED) is 0.689. The predicted octanol–water partition coefficient (Wildman–Crippen LogP) is 4.72. The van der Waals surface area contributed by atoms with Gasteiger partial charge in [-0.1, -0.05) is 23.7 Å². The summed E-state index contributed by atoms with van der Waals surface area (Å²) in [5.41, 5.74) is 1.21. The normalized spacial score (nSPS) is 11.5. The van der Waals surface area contributed by atoms with E-state index in [9.17, 15) is 9.59 Å². The van der Waals surface area contributed by atoms with Crippen LogP contribution in [0.3, 0.4) is 0 Å². The first-order valence-electron chi connectivity index (χ1n) is 8.91. The molecule has 1 heterocycles. The molecular weight excluding hydrogens is 378 g/mol. The van der Waals surface area contributed by atoms with E-state index in [0.29, 0.717) is 33.1 Å². The highest BCUT2D eigenvalue weighted by molar-refractivity contribution is 6.30. The van der Waals surface area contributed by atoms with Crippen LogP contribution in [0.25, 0.3) is 22.1 Å². The Morgan fingerprint density at radius 3 is 2.46 bits per heavy atom. The van der Waals surface area contributed by atoms with E-state index in [1.807, 2.05) is 20.8 Å². The molecular formula is C22H22ClNO4. The van der Waals surface area contributed by atoms with Crippen LogP contribution in [0.1, 0.15) is 26.5 Å². The summed E-state index contributed by atoms with van der Waals surface area (Å²) in [6.07, 6.45) is 0. The van der Waals surface area contributed by atoms with Crippen LogP contribution < -0.4 is 15.5 Å². The van der Waals surface area contributed by atoms with Gasteiger partial charge in [-0.2, -0.15) is 0 Å². The zero-order chi connectivity index (χ0) is 20.5. The number of hydrogen-bond acceptors (Lipinski definition) is 4. The van der Waals surface area contributed by atoms with Crippen molar-refractivity contribution in [2.24, 2.45) is 0 Å². The standard InChI is InChI=1S/C22H22ClNO4/c1-13-20(14-5-7-15(23)8-6-14)21(26)17-10-9-16(11-18(17)28-13)27-12-19(25)24-22(2,3)4/h5-11H,12H2,1-4H3,(H,24,25). The Hall–Kier alpha value is -2.79. The van der Waals surface area contributed by atoms with Crippen LogP contribution >= 0.6 is 11.6 Å². The maximum Gasteiger partial charge on any atom is 0.258 e. The highest BCUT2D eigenvalue weighted by Crippen LogP contribution is 2.27. The van der Waals surface area contributed by atoms with E-state index in [2.05, 4.69) is 5.32 Å². The second kappa shape index (κ2) is 7.68. The van der Waals surface area contributed by atoms with Gasteiger partial charge in [0.1, 0.15) is 17.1 Å². The van der Waals surface area contributed by atoms with Crippen molar-refractivity contribution in [1.29, 1.82) is 0 Å². The molecule has 146 valence electrons. The third-order valence-electron chi connectivity index (χ3n) is 4.06. The fourth-order valence-corrected chi connectivity index (χ4v) is 3.06. The maximum absolute atomic E-state index is 13.0. The molecule has 0 radical (unpaired) electrons. The van der Waals surface area contributed by atoms with Gasteiger partial charge in [0.25, 0.3) is 5.91 Å². The van der Waals surface area contributed by atoms with Crippen LogP contribution in [0.4, 0.5) is 0 Å². The van der Waals surface area contributed by atoms with Gasteiger partial charge < -0.3 is 14.5 Å². The molecule has 0 fully saturated rings. The summed E-state index contributed by atoms with van der Waals surface area (Å²) < 4.78 is 11.4. The third-order valence-corrected chi connectivity index (χ3v) is 4.31. The van der Waals surface area contributed by atoms with Crippen molar-refractivity contribution in [2.75, 3.05) is 6.61 Å². The Balaban J connectivity index is 1.90. The summed E-state index contributed by atoms with van der Waals surface area (Å²) in [6, 6.07) is 12.0. The molecule has 0 saturated carbocycles. The lowest BCUT2D eigenvalue weighted by atomic mass is 10.0. The number of nitrogens with one attached hydrogen (secondary N) is 1. The summed E-state index contributed by atoms with van der Waals surface area (Å²) in [5, 5.41) is 3.87. The fraction of sp³-hybridized carbons (Fsp3) is 0.273. The highest BCUT2D eigenvalue weighted by atomic mass is 35.5. The summed E-state index contributed by atoms with van der Waals surface area (Å²) in [5.74, 6) is 0.740. The van der Waals surface area contributed by atoms with E-state index in [1.54, 1.807) is 49.4 Å². The second-order valence-corrected chi connectivity index (χ2v) is 8.05. The van der Waals surface area contributed by atoms with Crippen molar-refractivity contribution >= 4 is 28.5 Å². The van der Waals surface area contributed by atoms with E-state index in [1.165, 1.54) is 0 Å². The highest BCUT2D eigenvalue weighted by Gasteiger charge is 2.16. The molecule has 0 aliphatic rings. The Kier molecular flexibility index (Phi) is 5.47. The number of carbonyl (C=O) groups is 1. The number of halogens is 1. The predicted molar refractivity (Wildman–Crippen MR) is 111 cm³/mol. The largest absolute Gasteiger partial charge is 0.484 e. The zero-order valence-electron chi connectivity index (χ0n) is 16.3. The second-order valence-electron chi connectivity index (χ2n) is 7.61. The molecule has 28 heavy (non-hydrogen) atoms. The minimum absolute atomic E-state index is 0.116. The molecule has 2 aromatic carbocycles. The fourth-order valence-electron chi connectivity index (χ4n) is 2.93. The number of benzene rings is 2. The third kappa shape index (κ3) is 4.54. The van der Waals surface area contributed by atoms with Crippen LogP contribution in [0.5, 0.6) is 5.75 Å². The number of fused-ring (bicyclic) bond motifs is 1. The van der Waals surface area contributed by atoms with Crippen molar-refractivity contribution in [1.82, 2.24) is 5.32 Å². The lowest BCUT2D eigenvalue weighted by Crippen LogP contribution is -2.43. The van der Waals surface area contributed by atoms with Crippen molar-refractivity contribution in [3.05, 3.63) is 63.5 Å². The summed E-state index contributed by atoms with van der Waals surface area (Å²) in [7, 11) is 0. The van der Waals surface area contributed by atoms with E-state index in [0.717, 1.165) is 5.56 Å². The molecule has 0 unspecified atom stereocenters. The molecule has 0 bridgehead atoms. The molecule has 1 aromatic heterocycles. The average molecular weight is 400 g/mol. The van der Waals surface area contributed by atoms with Gasteiger partial charge in [0.05, 0.1) is 10.9 Å². The summed E-state index contributed by atoms with van der Waals surface area (Å²) in [6.45, 7) is 7.33. The van der Waals surface area contributed by atoms with Gasteiger partial charge in [0.2, 0.25) is 5.43 Å². The van der Waals surface area contributed by atoms with Crippen molar-refractivity contribution in [2.45, 2.75) is 33.2 Å². The van der Waals surface area contributed by atoms with Gasteiger partial charge in [0, 0.05) is 16.6 Å². The van der Waals surface area contributed by atoms with E-state index in [4.69, 9.17) is 20.8 Å². The molecule has 5 nitrogen and oxygen atoms in total. The topological polar surface area (TPSA) is 68.5 Å². The van der Waals surface area contributed by atoms with Crippen LogP contribution in [0.15, 0.2) is 51.7 Å². The van der Waals surface area contributed by atoms with Crippen LogP contribution in [-0.2, 0) is 4.79 Å². The number of hydrogen-bond donors (Lipinski definition) is 1. The molecule has 3 aromatic rings. The smallest absolute Gasteiger partial charge is 0.258 e. The average Bonchev–Trinajstić information content (AvgIpc) is 2.60. The number of ether oxygens (including phenoxy) is 1. The molecule has 0 spiro atoms. The molecule has 0 atom stereocenters. The van der Waals surface area contributed by atoms with Gasteiger partial charge in [-0.05, 0) is 57.5 Å². The molecule has 0 aliphatic carbocycles. The number of carbonyl (C=O) groups excluding carboxylic acids is 1. The zero-order valence-corrected chi connectivity index (χ0v) is 17.0. The van der Waals surface area contributed by atoms with E-state index in [-0.39, 0.29) is 23.5 Å². The Morgan fingerprint density at radius 2 is 1.82 bits per heavy atom. The maximum atomic E-state index is 13.0. The Labute approximate surface area is 168 Å². The number of amides is 1. The van der Waals surface area contributed by atoms with E-state index >= 15 is 0 Å². The van der Waals surface area contributed by atoms with Gasteiger partial charge in [-0.3, -0.25) is 9.59 Å². The first-order chi connectivity index (χ1) is 13.1.